The summed E-state index contributed by atoms with van der Waals surface area (Å²) < 4.78 is 6.51. The highest BCUT2D eigenvalue weighted by Gasteiger charge is 2.28. The van der Waals surface area contributed by atoms with Crippen molar-refractivity contribution in [3.63, 3.8) is 0 Å². The highest BCUT2D eigenvalue weighted by atomic mass is 32.2. The van der Waals surface area contributed by atoms with Crippen molar-refractivity contribution in [3.05, 3.63) is 45.8 Å². The van der Waals surface area contributed by atoms with Gasteiger partial charge >= 0.3 is 5.97 Å². The second kappa shape index (κ2) is 8.34. The van der Waals surface area contributed by atoms with Crippen molar-refractivity contribution in [1.29, 1.82) is 0 Å². The Hall–Kier alpha value is -2.72. The highest BCUT2D eigenvalue weighted by Crippen LogP contribution is 2.39. The summed E-state index contributed by atoms with van der Waals surface area (Å²) in [6.07, 6.45) is 2.79. The molecule has 0 atom stereocenters. The molecule has 8 nitrogen and oxygen atoms in total. The molecule has 1 N–H and O–H groups in total. The Morgan fingerprint density at radius 2 is 2.07 bits per heavy atom. The summed E-state index contributed by atoms with van der Waals surface area (Å²) in [4.78, 5) is 25.9. The molecule has 1 aliphatic carbocycles. The molecule has 0 radical (unpaired) electrons. The second-order valence-corrected chi connectivity index (χ2v) is 8.65. The van der Waals surface area contributed by atoms with Gasteiger partial charge in [-0.2, -0.15) is 4.68 Å². The van der Waals surface area contributed by atoms with Gasteiger partial charge in [0.05, 0.1) is 24.1 Å². The maximum Gasteiger partial charge on any atom is 0.341 e. The van der Waals surface area contributed by atoms with Gasteiger partial charge in [0.25, 0.3) is 0 Å². The summed E-state index contributed by atoms with van der Waals surface area (Å²) in [5, 5.41) is 15.7. The molecule has 1 aliphatic rings. The summed E-state index contributed by atoms with van der Waals surface area (Å²) in [6, 6.07) is 7.79. The third-order valence-electron chi connectivity index (χ3n) is 4.62. The molecule has 0 fully saturated rings. The number of hydrogen-bond donors (Lipinski definition) is 1. The molecule has 150 valence electrons. The number of ether oxygens (including phenoxy) is 1. The van der Waals surface area contributed by atoms with Gasteiger partial charge in [0.2, 0.25) is 11.1 Å². The van der Waals surface area contributed by atoms with Crippen molar-refractivity contribution in [2.75, 3.05) is 18.2 Å². The highest BCUT2D eigenvalue weighted by molar-refractivity contribution is 7.99. The number of aromatic nitrogens is 4. The summed E-state index contributed by atoms with van der Waals surface area (Å²) in [7, 11) is 1.35. The fraction of sp³-hybridized carbons (Fsp3) is 0.316. The van der Waals surface area contributed by atoms with Crippen molar-refractivity contribution in [2.24, 2.45) is 0 Å². The van der Waals surface area contributed by atoms with E-state index in [2.05, 4.69) is 20.8 Å². The van der Waals surface area contributed by atoms with Gasteiger partial charge in [0, 0.05) is 4.88 Å². The van der Waals surface area contributed by atoms with E-state index in [0.717, 1.165) is 41.0 Å². The predicted octanol–water partition coefficient (Wildman–Crippen LogP) is 3.04. The van der Waals surface area contributed by atoms with E-state index in [1.165, 1.54) is 30.2 Å². The second-order valence-electron chi connectivity index (χ2n) is 6.60. The minimum absolute atomic E-state index is 0.120. The molecule has 0 bridgehead atoms. The molecule has 1 aromatic carbocycles. The van der Waals surface area contributed by atoms with Gasteiger partial charge in [0.15, 0.2) is 0 Å². The minimum atomic E-state index is -0.407. The number of thioether (sulfide) groups is 1. The Balaban J connectivity index is 1.45. The van der Waals surface area contributed by atoms with E-state index in [0.29, 0.717) is 15.7 Å². The number of fused-ring (bicyclic) bond motifs is 1. The normalized spacial score (nSPS) is 12.6. The zero-order valence-corrected chi connectivity index (χ0v) is 17.6. The van der Waals surface area contributed by atoms with Crippen molar-refractivity contribution < 1.29 is 14.3 Å². The molecule has 0 saturated carbocycles. The first-order chi connectivity index (χ1) is 14.1. The SMILES string of the molecule is COC(=O)c1c(NC(=O)CSc2nnnn2-c2ccc(C)cc2)sc2c1CCC2. The van der Waals surface area contributed by atoms with Crippen LogP contribution >= 0.6 is 23.1 Å². The first kappa shape index (κ1) is 19.6. The van der Waals surface area contributed by atoms with Gasteiger partial charge in [0.1, 0.15) is 5.00 Å². The van der Waals surface area contributed by atoms with Crippen molar-refractivity contribution >= 4 is 40.0 Å². The quantitative estimate of drug-likeness (QED) is 0.475. The number of esters is 1. The van der Waals surface area contributed by atoms with Crippen LogP contribution in [0.25, 0.3) is 5.69 Å². The van der Waals surface area contributed by atoms with Gasteiger partial charge in [-0.15, -0.1) is 16.4 Å². The molecular weight excluding hydrogens is 410 g/mol. The zero-order valence-electron chi connectivity index (χ0n) is 16.0. The number of anilines is 1. The number of nitrogens with one attached hydrogen (secondary N) is 1. The smallest absolute Gasteiger partial charge is 0.341 e. The number of tetrazole rings is 1. The average Bonchev–Trinajstić information content (AvgIpc) is 3.42. The Labute approximate surface area is 175 Å². The molecule has 1 amide bonds. The number of methoxy groups -OCH3 is 1. The average molecular weight is 430 g/mol. The number of rotatable bonds is 6. The molecule has 3 aromatic rings. The monoisotopic (exact) mass is 429 g/mol. The van der Waals surface area contributed by atoms with E-state index in [9.17, 15) is 9.59 Å². The van der Waals surface area contributed by atoms with E-state index in [4.69, 9.17) is 4.74 Å². The van der Waals surface area contributed by atoms with Crippen LogP contribution in [0.3, 0.4) is 0 Å². The minimum Gasteiger partial charge on any atom is -0.465 e. The van der Waals surface area contributed by atoms with Gasteiger partial charge in [-0.1, -0.05) is 29.5 Å². The summed E-state index contributed by atoms with van der Waals surface area (Å²) in [5.74, 6) is -0.510. The molecular formula is C19H19N5O3S2. The number of carbonyl (C=O) groups is 2. The first-order valence-electron chi connectivity index (χ1n) is 9.07. The number of aryl methyl sites for hydroxylation is 2. The van der Waals surface area contributed by atoms with Crippen LogP contribution in [0.4, 0.5) is 5.00 Å². The number of carbonyl (C=O) groups excluding carboxylic acids is 2. The molecule has 0 saturated heterocycles. The van der Waals surface area contributed by atoms with Crippen molar-refractivity contribution in [2.45, 2.75) is 31.3 Å². The lowest BCUT2D eigenvalue weighted by Crippen LogP contribution is -2.16. The van der Waals surface area contributed by atoms with Crippen LogP contribution in [0, 0.1) is 6.92 Å². The third-order valence-corrected chi connectivity index (χ3v) is 6.74. The molecule has 10 heteroatoms. The molecule has 0 aliphatic heterocycles. The van der Waals surface area contributed by atoms with Crippen LogP contribution in [0.2, 0.25) is 0 Å². The fourth-order valence-electron chi connectivity index (χ4n) is 3.22. The van der Waals surface area contributed by atoms with E-state index in [1.54, 1.807) is 4.68 Å². The summed E-state index contributed by atoms with van der Waals surface area (Å²) in [6.45, 7) is 2.01. The van der Waals surface area contributed by atoms with Gasteiger partial charge in [-0.3, -0.25) is 4.79 Å². The Bertz CT molecular complexity index is 1060. The van der Waals surface area contributed by atoms with Crippen LogP contribution in [-0.2, 0) is 22.4 Å². The maximum absolute atomic E-state index is 12.5. The largest absolute Gasteiger partial charge is 0.465 e. The lowest BCUT2D eigenvalue weighted by atomic mass is 10.1. The molecule has 2 aromatic heterocycles. The van der Waals surface area contributed by atoms with Crippen LogP contribution in [0.15, 0.2) is 29.4 Å². The van der Waals surface area contributed by atoms with E-state index in [-0.39, 0.29) is 11.7 Å². The van der Waals surface area contributed by atoms with Crippen LogP contribution in [0.5, 0.6) is 0 Å². The lowest BCUT2D eigenvalue weighted by molar-refractivity contribution is -0.113. The standard InChI is InChI=1S/C19H19N5O3S2/c1-11-6-8-12(9-7-11)24-19(21-22-23-24)28-10-15(25)20-17-16(18(26)27-2)13-4-3-5-14(13)29-17/h6-9H,3-5,10H2,1-2H3,(H,20,25). The van der Waals surface area contributed by atoms with Crippen LogP contribution in [-0.4, -0.2) is 44.9 Å². The van der Waals surface area contributed by atoms with E-state index < -0.39 is 5.97 Å². The van der Waals surface area contributed by atoms with Gasteiger partial charge in [-0.05, 0) is 54.3 Å². The molecule has 0 unspecified atom stereocenters. The maximum atomic E-state index is 12.5. The number of thiophene rings is 1. The van der Waals surface area contributed by atoms with Crippen molar-refractivity contribution in [3.8, 4) is 5.69 Å². The third kappa shape index (κ3) is 4.03. The Kier molecular flexibility index (Phi) is 5.63. The Morgan fingerprint density at radius 3 is 2.83 bits per heavy atom. The number of hydrogen-bond acceptors (Lipinski definition) is 8. The first-order valence-corrected chi connectivity index (χ1v) is 10.9. The van der Waals surface area contributed by atoms with E-state index in [1.807, 2.05) is 31.2 Å². The lowest BCUT2D eigenvalue weighted by Gasteiger charge is -2.07. The Morgan fingerprint density at radius 1 is 1.28 bits per heavy atom. The zero-order chi connectivity index (χ0) is 20.4. The molecule has 4 rings (SSSR count). The van der Waals surface area contributed by atoms with Gasteiger partial charge < -0.3 is 10.1 Å². The number of amides is 1. The molecule has 0 spiro atoms. The van der Waals surface area contributed by atoms with E-state index >= 15 is 0 Å². The molecule has 29 heavy (non-hydrogen) atoms. The fourth-order valence-corrected chi connectivity index (χ4v) is 5.20. The predicted molar refractivity (Wildman–Crippen MR) is 111 cm³/mol. The number of nitrogens with zero attached hydrogens (tertiary/aromatic N) is 4. The number of benzene rings is 1. The summed E-state index contributed by atoms with van der Waals surface area (Å²) in [5.41, 5.74) is 3.46. The molecule has 2 heterocycles. The summed E-state index contributed by atoms with van der Waals surface area (Å²) >= 11 is 2.69. The van der Waals surface area contributed by atoms with Gasteiger partial charge in [-0.25, -0.2) is 4.79 Å². The van der Waals surface area contributed by atoms with Crippen molar-refractivity contribution in [1.82, 2.24) is 20.2 Å². The van der Waals surface area contributed by atoms with Crippen LogP contribution in [0.1, 0.15) is 32.8 Å². The topological polar surface area (TPSA) is 99.0 Å². The van der Waals surface area contributed by atoms with Crippen LogP contribution < -0.4 is 5.32 Å².